The molecule has 0 aliphatic heterocycles. The summed E-state index contributed by atoms with van der Waals surface area (Å²) in [7, 11) is 1.81. The monoisotopic (exact) mass is 235 g/mol. The Morgan fingerprint density at radius 3 is 2.53 bits per heavy atom. The summed E-state index contributed by atoms with van der Waals surface area (Å²) >= 11 is 0. The van der Waals surface area contributed by atoms with E-state index in [0.717, 1.165) is 12.0 Å². The maximum absolute atomic E-state index is 12.3. The van der Waals surface area contributed by atoms with Crippen molar-refractivity contribution >= 4 is 5.91 Å². The average Bonchev–Trinajstić information content (AvgIpc) is 2.38. The fourth-order valence-corrected chi connectivity index (χ4v) is 1.68. The van der Waals surface area contributed by atoms with E-state index in [2.05, 4.69) is 4.98 Å². The molecule has 1 aromatic heterocycles. The van der Waals surface area contributed by atoms with E-state index in [9.17, 15) is 4.79 Å². The lowest BCUT2D eigenvalue weighted by atomic mass is 9.86. The molecule has 0 aliphatic rings. The minimum atomic E-state index is -0.457. The van der Waals surface area contributed by atoms with Crippen LogP contribution in [0.5, 0.6) is 0 Å². The van der Waals surface area contributed by atoms with Crippen molar-refractivity contribution in [1.29, 1.82) is 0 Å². The first-order valence-corrected chi connectivity index (χ1v) is 5.88. The normalized spacial score (nSPS) is 14.1. The third kappa shape index (κ3) is 3.27. The molecule has 0 bridgehead atoms. The largest absolute Gasteiger partial charge is 0.341 e. The summed E-state index contributed by atoms with van der Waals surface area (Å²) in [5, 5.41) is 0. The Morgan fingerprint density at radius 1 is 1.47 bits per heavy atom. The summed E-state index contributed by atoms with van der Waals surface area (Å²) in [4.78, 5) is 17.9. The summed E-state index contributed by atoms with van der Waals surface area (Å²) in [5.41, 5.74) is 6.31. The molecule has 1 aromatic rings. The number of carbonyl (C=O) groups is 1. The van der Waals surface area contributed by atoms with Crippen LogP contribution in [0.1, 0.15) is 25.8 Å². The molecule has 0 saturated heterocycles. The molecule has 4 heteroatoms. The fourth-order valence-electron chi connectivity index (χ4n) is 1.68. The van der Waals surface area contributed by atoms with Gasteiger partial charge in [-0.3, -0.25) is 9.78 Å². The van der Waals surface area contributed by atoms with Crippen LogP contribution in [0.4, 0.5) is 0 Å². The summed E-state index contributed by atoms with van der Waals surface area (Å²) in [5.74, 6) is 0.0966. The van der Waals surface area contributed by atoms with Crippen LogP contribution in [0.15, 0.2) is 24.5 Å². The van der Waals surface area contributed by atoms with Crippen molar-refractivity contribution in [2.75, 3.05) is 13.6 Å². The molecule has 17 heavy (non-hydrogen) atoms. The Bertz CT molecular complexity index is 360. The number of carbonyl (C=O) groups excluding carboxylic acids is 1. The van der Waals surface area contributed by atoms with Crippen molar-refractivity contribution in [3.63, 3.8) is 0 Å². The molecule has 94 valence electrons. The number of nitrogens with two attached hydrogens (primary N) is 1. The third-order valence-electron chi connectivity index (χ3n) is 3.26. The Labute approximate surface area is 103 Å². The highest BCUT2D eigenvalue weighted by Crippen LogP contribution is 2.22. The minimum absolute atomic E-state index is 0.0966. The van der Waals surface area contributed by atoms with Gasteiger partial charge in [-0.2, -0.15) is 0 Å². The van der Waals surface area contributed by atoms with Crippen LogP contribution in [-0.2, 0) is 11.3 Å². The van der Waals surface area contributed by atoms with Crippen LogP contribution < -0.4 is 5.73 Å². The first-order valence-electron chi connectivity index (χ1n) is 5.88. The number of pyridine rings is 1. The van der Waals surface area contributed by atoms with Crippen molar-refractivity contribution < 1.29 is 4.79 Å². The zero-order valence-corrected chi connectivity index (χ0v) is 10.8. The smallest absolute Gasteiger partial charge is 0.229 e. The number of hydrogen-bond acceptors (Lipinski definition) is 3. The predicted octanol–water partition coefficient (Wildman–Crippen LogP) is 1.41. The van der Waals surface area contributed by atoms with E-state index in [1.807, 2.05) is 33.0 Å². The minimum Gasteiger partial charge on any atom is -0.341 e. The van der Waals surface area contributed by atoms with E-state index >= 15 is 0 Å². The summed E-state index contributed by atoms with van der Waals surface area (Å²) < 4.78 is 0. The zero-order valence-electron chi connectivity index (χ0n) is 10.8. The molecule has 2 N–H and O–H groups in total. The Kier molecular flexibility index (Phi) is 4.63. The fraction of sp³-hybridized carbons (Fsp3) is 0.538. The molecule has 1 amide bonds. The molecule has 0 fully saturated rings. The second-order valence-corrected chi connectivity index (χ2v) is 4.64. The van der Waals surface area contributed by atoms with Gasteiger partial charge < -0.3 is 10.6 Å². The number of aromatic nitrogens is 1. The van der Waals surface area contributed by atoms with Crippen LogP contribution >= 0.6 is 0 Å². The van der Waals surface area contributed by atoms with E-state index in [-0.39, 0.29) is 5.91 Å². The van der Waals surface area contributed by atoms with E-state index in [0.29, 0.717) is 13.1 Å². The standard InChI is InChI=1S/C13H21N3O/c1-4-13(2,10-14)12(17)16(3)9-11-5-7-15-8-6-11/h5-8H,4,9-10,14H2,1-3H3. The van der Waals surface area contributed by atoms with Crippen LogP contribution in [0.2, 0.25) is 0 Å². The SMILES string of the molecule is CCC(C)(CN)C(=O)N(C)Cc1ccncc1. The van der Waals surface area contributed by atoms with Crippen molar-refractivity contribution in [2.24, 2.45) is 11.1 Å². The number of rotatable bonds is 5. The van der Waals surface area contributed by atoms with Crippen LogP contribution in [0.3, 0.4) is 0 Å². The van der Waals surface area contributed by atoms with Gasteiger partial charge in [0.2, 0.25) is 5.91 Å². The van der Waals surface area contributed by atoms with Crippen LogP contribution in [0.25, 0.3) is 0 Å². The first kappa shape index (κ1) is 13.6. The van der Waals surface area contributed by atoms with Gasteiger partial charge in [-0.15, -0.1) is 0 Å². The van der Waals surface area contributed by atoms with E-state index < -0.39 is 5.41 Å². The molecular formula is C13H21N3O. The molecule has 0 radical (unpaired) electrons. The van der Waals surface area contributed by atoms with E-state index in [1.54, 1.807) is 17.3 Å². The van der Waals surface area contributed by atoms with Gasteiger partial charge in [0.15, 0.2) is 0 Å². The van der Waals surface area contributed by atoms with Gasteiger partial charge in [0, 0.05) is 32.5 Å². The lowest BCUT2D eigenvalue weighted by Crippen LogP contribution is -2.44. The molecule has 1 unspecified atom stereocenters. The van der Waals surface area contributed by atoms with Crippen LogP contribution in [0, 0.1) is 5.41 Å². The molecule has 1 heterocycles. The van der Waals surface area contributed by atoms with Crippen molar-refractivity contribution in [3.8, 4) is 0 Å². The molecule has 1 atom stereocenters. The van der Waals surface area contributed by atoms with E-state index in [4.69, 9.17) is 5.73 Å². The Morgan fingerprint density at radius 2 is 2.06 bits per heavy atom. The molecule has 1 rings (SSSR count). The number of hydrogen-bond donors (Lipinski definition) is 1. The highest BCUT2D eigenvalue weighted by atomic mass is 16.2. The molecule has 0 saturated carbocycles. The number of nitrogens with zero attached hydrogens (tertiary/aromatic N) is 2. The predicted molar refractivity (Wildman–Crippen MR) is 68.2 cm³/mol. The lowest BCUT2D eigenvalue weighted by molar-refractivity contribution is -0.140. The van der Waals surface area contributed by atoms with Crippen molar-refractivity contribution in [1.82, 2.24) is 9.88 Å². The quantitative estimate of drug-likeness (QED) is 0.839. The van der Waals surface area contributed by atoms with Gasteiger partial charge >= 0.3 is 0 Å². The second-order valence-electron chi connectivity index (χ2n) is 4.64. The molecule has 4 nitrogen and oxygen atoms in total. The molecule has 0 aliphatic carbocycles. The summed E-state index contributed by atoms with van der Waals surface area (Å²) in [6.45, 7) is 4.88. The first-order chi connectivity index (χ1) is 8.03. The highest BCUT2D eigenvalue weighted by Gasteiger charge is 2.32. The molecular weight excluding hydrogens is 214 g/mol. The second kappa shape index (κ2) is 5.77. The van der Waals surface area contributed by atoms with Crippen molar-refractivity contribution in [3.05, 3.63) is 30.1 Å². The highest BCUT2D eigenvalue weighted by molar-refractivity contribution is 5.82. The summed E-state index contributed by atoms with van der Waals surface area (Å²) in [6, 6.07) is 3.82. The van der Waals surface area contributed by atoms with Crippen molar-refractivity contribution in [2.45, 2.75) is 26.8 Å². The van der Waals surface area contributed by atoms with Crippen LogP contribution in [-0.4, -0.2) is 29.4 Å². The third-order valence-corrected chi connectivity index (χ3v) is 3.26. The van der Waals surface area contributed by atoms with Gasteiger partial charge in [0.25, 0.3) is 0 Å². The summed E-state index contributed by atoms with van der Waals surface area (Å²) in [6.07, 6.45) is 4.22. The number of amides is 1. The van der Waals surface area contributed by atoms with Gasteiger partial charge in [0.05, 0.1) is 5.41 Å². The maximum atomic E-state index is 12.3. The van der Waals surface area contributed by atoms with Gasteiger partial charge in [-0.05, 0) is 31.0 Å². The topological polar surface area (TPSA) is 59.2 Å². The molecule has 0 spiro atoms. The van der Waals surface area contributed by atoms with Gasteiger partial charge in [-0.1, -0.05) is 6.92 Å². The average molecular weight is 235 g/mol. The Hall–Kier alpha value is -1.42. The van der Waals surface area contributed by atoms with Gasteiger partial charge in [-0.25, -0.2) is 0 Å². The molecule has 0 aromatic carbocycles. The lowest BCUT2D eigenvalue weighted by Gasteiger charge is -2.30. The van der Waals surface area contributed by atoms with E-state index in [1.165, 1.54) is 0 Å². The maximum Gasteiger partial charge on any atom is 0.229 e. The van der Waals surface area contributed by atoms with Gasteiger partial charge in [0.1, 0.15) is 0 Å². The Balaban J connectivity index is 2.71. The zero-order chi connectivity index (χ0) is 12.9.